The highest BCUT2D eigenvalue weighted by molar-refractivity contribution is 5.85. The summed E-state index contributed by atoms with van der Waals surface area (Å²) in [6, 6.07) is 8.94. The van der Waals surface area contributed by atoms with Gasteiger partial charge in [0.2, 0.25) is 0 Å². The van der Waals surface area contributed by atoms with Crippen molar-refractivity contribution in [2.24, 2.45) is 0 Å². The van der Waals surface area contributed by atoms with Crippen molar-refractivity contribution in [1.29, 1.82) is 0 Å². The van der Waals surface area contributed by atoms with Crippen LogP contribution in [0.1, 0.15) is 0 Å². The summed E-state index contributed by atoms with van der Waals surface area (Å²) in [4.78, 5) is 11.6. The minimum atomic E-state index is -0.948. The maximum absolute atomic E-state index is 10.4. The predicted molar refractivity (Wildman–Crippen MR) is 42.9 cm³/mol. The third-order valence-corrected chi connectivity index (χ3v) is 1.43. The van der Waals surface area contributed by atoms with Crippen molar-refractivity contribution in [3.63, 3.8) is 0 Å². The number of hydrogen-bond donors (Lipinski definition) is 1. The lowest BCUT2D eigenvalue weighted by molar-refractivity contribution is 0.203. The molecule has 0 fully saturated rings. The average Bonchev–Trinajstić information content (AvgIpc) is 2.05. The Hall–Kier alpha value is -1.51. The van der Waals surface area contributed by atoms with E-state index in [1.165, 1.54) is 11.9 Å². The van der Waals surface area contributed by atoms with Crippen molar-refractivity contribution < 1.29 is 9.90 Å². The Kier molecular flexibility index (Phi) is 2.11. The van der Waals surface area contributed by atoms with E-state index in [0.29, 0.717) is 5.69 Å². The highest BCUT2D eigenvalue weighted by Gasteiger charge is 2.05. The second-order valence-corrected chi connectivity index (χ2v) is 2.18. The van der Waals surface area contributed by atoms with Gasteiger partial charge in [-0.2, -0.15) is 0 Å². The molecule has 3 heteroatoms. The molecule has 1 amide bonds. The lowest BCUT2D eigenvalue weighted by atomic mass is 10.3. The van der Waals surface area contributed by atoms with Crippen molar-refractivity contribution in [2.45, 2.75) is 0 Å². The second-order valence-electron chi connectivity index (χ2n) is 2.18. The van der Waals surface area contributed by atoms with Crippen LogP contribution >= 0.6 is 0 Å². The molecule has 1 rings (SSSR count). The van der Waals surface area contributed by atoms with Crippen LogP contribution in [0.3, 0.4) is 0 Å². The molecule has 1 aromatic rings. The fourth-order valence-electron chi connectivity index (χ4n) is 0.762. The number of hydrogen-bond acceptors (Lipinski definition) is 1. The van der Waals surface area contributed by atoms with Gasteiger partial charge in [-0.1, -0.05) is 18.2 Å². The van der Waals surface area contributed by atoms with E-state index < -0.39 is 6.09 Å². The summed E-state index contributed by atoms with van der Waals surface area (Å²) < 4.78 is 0. The van der Waals surface area contributed by atoms with Gasteiger partial charge in [0, 0.05) is 12.7 Å². The molecule has 0 unspecified atom stereocenters. The molecule has 58 valence electrons. The molecule has 11 heavy (non-hydrogen) atoms. The van der Waals surface area contributed by atoms with E-state index in [1.807, 2.05) is 6.07 Å². The van der Waals surface area contributed by atoms with Crippen molar-refractivity contribution >= 4 is 11.8 Å². The summed E-state index contributed by atoms with van der Waals surface area (Å²) in [5.74, 6) is 0. The van der Waals surface area contributed by atoms with E-state index >= 15 is 0 Å². The van der Waals surface area contributed by atoms with Gasteiger partial charge in [-0.3, -0.25) is 4.90 Å². The van der Waals surface area contributed by atoms with Gasteiger partial charge in [-0.05, 0) is 12.1 Å². The highest BCUT2D eigenvalue weighted by Crippen LogP contribution is 2.10. The Morgan fingerprint density at radius 3 is 2.36 bits per heavy atom. The van der Waals surface area contributed by atoms with Crippen LogP contribution in [0, 0.1) is 0 Å². The monoisotopic (exact) mass is 151 g/mol. The quantitative estimate of drug-likeness (QED) is 0.664. The molecule has 0 aliphatic rings. The largest absolute Gasteiger partial charge is 0.465 e. The van der Waals surface area contributed by atoms with Crippen LogP contribution in [0.25, 0.3) is 0 Å². The van der Waals surface area contributed by atoms with Gasteiger partial charge in [-0.15, -0.1) is 0 Å². The smallest absolute Gasteiger partial charge is 0.411 e. The van der Waals surface area contributed by atoms with Gasteiger partial charge in [0.15, 0.2) is 0 Å². The SMILES string of the molecule is CN(C(=O)O)c1ccccc1. The van der Waals surface area contributed by atoms with E-state index in [1.54, 1.807) is 24.3 Å². The molecular formula is C8H9NO2. The van der Waals surface area contributed by atoms with E-state index in [-0.39, 0.29) is 0 Å². The van der Waals surface area contributed by atoms with E-state index in [2.05, 4.69) is 0 Å². The van der Waals surface area contributed by atoms with Crippen LogP contribution < -0.4 is 4.90 Å². The molecule has 0 aliphatic heterocycles. The fourth-order valence-corrected chi connectivity index (χ4v) is 0.762. The number of anilines is 1. The van der Waals surface area contributed by atoms with Crippen molar-refractivity contribution in [2.75, 3.05) is 11.9 Å². The minimum Gasteiger partial charge on any atom is -0.465 e. The summed E-state index contributed by atoms with van der Waals surface area (Å²) in [5, 5.41) is 8.56. The van der Waals surface area contributed by atoms with Crippen molar-refractivity contribution in [1.82, 2.24) is 0 Å². The number of amides is 1. The first-order valence-corrected chi connectivity index (χ1v) is 3.23. The van der Waals surface area contributed by atoms with Gasteiger partial charge < -0.3 is 5.11 Å². The maximum atomic E-state index is 10.4. The Morgan fingerprint density at radius 2 is 1.91 bits per heavy atom. The summed E-state index contributed by atoms with van der Waals surface area (Å²) >= 11 is 0. The third-order valence-electron chi connectivity index (χ3n) is 1.43. The number of carbonyl (C=O) groups is 1. The van der Waals surface area contributed by atoms with Gasteiger partial charge in [0.05, 0.1) is 0 Å². The highest BCUT2D eigenvalue weighted by atomic mass is 16.4. The van der Waals surface area contributed by atoms with Gasteiger partial charge in [-0.25, -0.2) is 4.79 Å². The van der Waals surface area contributed by atoms with Crippen LogP contribution in [0.5, 0.6) is 0 Å². The maximum Gasteiger partial charge on any atom is 0.411 e. The molecule has 0 saturated heterocycles. The van der Waals surface area contributed by atoms with Crippen LogP contribution in [-0.4, -0.2) is 18.2 Å². The second kappa shape index (κ2) is 3.05. The van der Waals surface area contributed by atoms with Gasteiger partial charge in [0.1, 0.15) is 0 Å². The van der Waals surface area contributed by atoms with E-state index in [0.717, 1.165) is 0 Å². The Bertz CT molecular complexity index is 246. The van der Waals surface area contributed by atoms with E-state index in [9.17, 15) is 4.79 Å². The first kappa shape index (κ1) is 7.60. The topological polar surface area (TPSA) is 40.5 Å². The Balaban J connectivity index is 2.85. The van der Waals surface area contributed by atoms with Crippen LogP contribution in [0.15, 0.2) is 30.3 Å². The molecule has 3 nitrogen and oxygen atoms in total. The van der Waals surface area contributed by atoms with Crippen LogP contribution in [0.2, 0.25) is 0 Å². The Morgan fingerprint density at radius 1 is 1.36 bits per heavy atom. The number of carboxylic acid groups (broad SMARTS) is 1. The summed E-state index contributed by atoms with van der Waals surface area (Å²) in [6.07, 6.45) is -0.948. The lowest BCUT2D eigenvalue weighted by Gasteiger charge is -2.11. The molecular weight excluding hydrogens is 142 g/mol. The summed E-state index contributed by atoms with van der Waals surface area (Å²) in [6.45, 7) is 0. The van der Waals surface area contributed by atoms with Crippen molar-refractivity contribution in [3.05, 3.63) is 30.3 Å². The normalized spacial score (nSPS) is 9.18. The number of para-hydroxylation sites is 1. The van der Waals surface area contributed by atoms with Crippen LogP contribution in [0.4, 0.5) is 10.5 Å². The molecule has 0 radical (unpaired) electrons. The van der Waals surface area contributed by atoms with Gasteiger partial charge in [0.25, 0.3) is 0 Å². The lowest BCUT2D eigenvalue weighted by Crippen LogP contribution is -2.23. The van der Waals surface area contributed by atoms with E-state index in [4.69, 9.17) is 5.11 Å². The molecule has 1 N–H and O–H groups in total. The zero-order chi connectivity index (χ0) is 8.27. The number of rotatable bonds is 1. The Labute approximate surface area is 64.9 Å². The predicted octanol–water partition coefficient (Wildman–Crippen LogP) is 1.80. The van der Waals surface area contributed by atoms with Crippen LogP contribution in [-0.2, 0) is 0 Å². The zero-order valence-corrected chi connectivity index (χ0v) is 6.19. The number of nitrogens with zero attached hydrogens (tertiary/aromatic N) is 1. The summed E-state index contributed by atoms with van der Waals surface area (Å²) in [7, 11) is 1.51. The first-order valence-electron chi connectivity index (χ1n) is 3.23. The summed E-state index contributed by atoms with van der Waals surface area (Å²) in [5.41, 5.74) is 0.681. The zero-order valence-electron chi connectivity index (χ0n) is 6.19. The molecule has 0 heterocycles. The first-order chi connectivity index (χ1) is 5.22. The molecule has 0 saturated carbocycles. The standard InChI is InChI=1S/C8H9NO2/c1-9(8(10)11)7-5-3-2-4-6-7/h2-6H,1H3,(H,10,11). The van der Waals surface area contributed by atoms with Gasteiger partial charge >= 0.3 is 6.09 Å². The molecule has 0 bridgehead atoms. The minimum absolute atomic E-state index is 0.681. The number of benzene rings is 1. The molecule has 0 spiro atoms. The molecule has 0 aromatic heterocycles. The third kappa shape index (κ3) is 1.70. The van der Waals surface area contributed by atoms with Crippen molar-refractivity contribution in [3.8, 4) is 0 Å². The average molecular weight is 151 g/mol. The molecule has 0 atom stereocenters. The fraction of sp³-hybridized carbons (Fsp3) is 0.125. The molecule has 0 aliphatic carbocycles. The molecule has 1 aromatic carbocycles.